The van der Waals surface area contributed by atoms with Gasteiger partial charge in [-0.2, -0.15) is 0 Å². The Labute approximate surface area is 163 Å². The maximum absolute atomic E-state index is 13.8. The molecule has 7 heteroatoms. The number of amides is 1. The predicted molar refractivity (Wildman–Crippen MR) is 103 cm³/mol. The van der Waals surface area contributed by atoms with Crippen LogP contribution in [0.25, 0.3) is 0 Å². The number of fused-ring (bicyclic) bond motifs is 1. The van der Waals surface area contributed by atoms with E-state index in [1.54, 1.807) is 6.92 Å². The van der Waals surface area contributed by atoms with Crippen LogP contribution in [0, 0.1) is 17.6 Å². The number of rotatable bonds is 6. The van der Waals surface area contributed by atoms with Gasteiger partial charge in [-0.3, -0.25) is 10.1 Å². The van der Waals surface area contributed by atoms with Gasteiger partial charge in [0.15, 0.2) is 11.5 Å². The van der Waals surface area contributed by atoms with E-state index in [4.69, 9.17) is 9.47 Å². The molecule has 0 saturated heterocycles. The van der Waals surface area contributed by atoms with Gasteiger partial charge in [0.25, 0.3) is 0 Å². The van der Waals surface area contributed by atoms with Gasteiger partial charge in [0.2, 0.25) is 5.91 Å². The Kier molecular flexibility index (Phi) is 6.14. The van der Waals surface area contributed by atoms with Gasteiger partial charge in [0.1, 0.15) is 30.5 Å². The molecule has 28 heavy (non-hydrogen) atoms. The number of para-hydroxylation sites is 1. The van der Waals surface area contributed by atoms with Crippen LogP contribution in [0.3, 0.4) is 0 Å². The largest absolute Gasteiger partial charge is 0.486 e. The van der Waals surface area contributed by atoms with Gasteiger partial charge in [-0.25, -0.2) is 8.78 Å². The average Bonchev–Trinajstić information content (AvgIpc) is 2.68. The highest BCUT2D eigenvalue weighted by molar-refractivity contribution is 5.94. The summed E-state index contributed by atoms with van der Waals surface area (Å²) in [5.41, 5.74) is 0.498. The molecule has 150 valence electrons. The van der Waals surface area contributed by atoms with Crippen molar-refractivity contribution in [3.8, 4) is 11.5 Å². The van der Waals surface area contributed by atoms with E-state index in [0.29, 0.717) is 24.7 Å². The fourth-order valence-corrected chi connectivity index (χ4v) is 3.12. The highest BCUT2D eigenvalue weighted by Crippen LogP contribution is 2.34. The SMILES string of the molecule is CC(C)[C@@H](N[C@H](C)C(=O)Nc1c(F)cccc1F)c1ccc2c(c1)OCCO2. The summed E-state index contributed by atoms with van der Waals surface area (Å²) in [6.45, 7) is 6.71. The minimum absolute atomic E-state index is 0.156. The third kappa shape index (κ3) is 4.42. The Hall–Kier alpha value is -2.67. The number of nitrogens with one attached hydrogen (secondary N) is 2. The first-order valence-electron chi connectivity index (χ1n) is 9.27. The quantitative estimate of drug-likeness (QED) is 0.781. The average molecular weight is 390 g/mol. The predicted octanol–water partition coefficient (Wildman–Crippen LogP) is 4.05. The number of halogens is 2. The zero-order chi connectivity index (χ0) is 20.3. The Bertz CT molecular complexity index is 837. The summed E-state index contributed by atoms with van der Waals surface area (Å²) in [7, 11) is 0. The van der Waals surface area contributed by atoms with Crippen molar-refractivity contribution in [3.63, 3.8) is 0 Å². The molecule has 1 amide bonds. The van der Waals surface area contributed by atoms with Crippen molar-refractivity contribution in [1.29, 1.82) is 0 Å². The van der Waals surface area contributed by atoms with Gasteiger partial charge in [-0.1, -0.05) is 26.0 Å². The second kappa shape index (κ2) is 8.56. The van der Waals surface area contributed by atoms with E-state index in [0.717, 1.165) is 17.7 Å². The van der Waals surface area contributed by atoms with Crippen LogP contribution in [0.15, 0.2) is 36.4 Å². The molecule has 2 aromatic carbocycles. The molecular formula is C21H24F2N2O3. The lowest BCUT2D eigenvalue weighted by Crippen LogP contribution is -2.42. The van der Waals surface area contributed by atoms with E-state index in [1.165, 1.54) is 6.07 Å². The van der Waals surface area contributed by atoms with Crippen molar-refractivity contribution in [2.45, 2.75) is 32.9 Å². The second-order valence-electron chi connectivity index (χ2n) is 7.10. The van der Waals surface area contributed by atoms with E-state index in [-0.39, 0.29) is 12.0 Å². The van der Waals surface area contributed by atoms with Crippen LogP contribution in [0.2, 0.25) is 0 Å². The topological polar surface area (TPSA) is 59.6 Å². The molecule has 3 rings (SSSR count). The smallest absolute Gasteiger partial charge is 0.241 e. The van der Waals surface area contributed by atoms with Gasteiger partial charge >= 0.3 is 0 Å². The fraction of sp³-hybridized carbons (Fsp3) is 0.381. The molecule has 2 N–H and O–H groups in total. The van der Waals surface area contributed by atoms with Gasteiger partial charge in [-0.15, -0.1) is 0 Å². The van der Waals surface area contributed by atoms with Crippen molar-refractivity contribution in [2.24, 2.45) is 5.92 Å². The lowest BCUT2D eigenvalue weighted by Gasteiger charge is -2.28. The molecule has 0 unspecified atom stereocenters. The summed E-state index contributed by atoms with van der Waals surface area (Å²) in [4.78, 5) is 12.5. The molecule has 0 aliphatic carbocycles. The highest BCUT2D eigenvalue weighted by atomic mass is 19.1. The van der Waals surface area contributed by atoms with Crippen molar-refractivity contribution < 1.29 is 23.0 Å². The Balaban J connectivity index is 1.74. The zero-order valence-electron chi connectivity index (χ0n) is 16.1. The van der Waals surface area contributed by atoms with Crippen molar-refractivity contribution >= 4 is 11.6 Å². The van der Waals surface area contributed by atoms with E-state index < -0.39 is 29.3 Å². The van der Waals surface area contributed by atoms with Crippen LogP contribution in [0.1, 0.15) is 32.4 Å². The summed E-state index contributed by atoms with van der Waals surface area (Å²) in [6.07, 6.45) is 0. The minimum Gasteiger partial charge on any atom is -0.486 e. The Morgan fingerprint density at radius 3 is 2.29 bits per heavy atom. The molecule has 1 aliphatic rings. The molecule has 1 aliphatic heterocycles. The summed E-state index contributed by atoms with van der Waals surface area (Å²) in [5.74, 6) is -0.629. The number of hydrogen-bond donors (Lipinski definition) is 2. The number of ether oxygens (including phenoxy) is 2. The van der Waals surface area contributed by atoms with Crippen LogP contribution < -0.4 is 20.1 Å². The van der Waals surface area contributed by atoms with Crippen LogP contribution in [-0.2, 0) is 4.79 Å². The number of carbonyl (C=O) groups is 1. The molecule has 2 aromatic rings. The van der Waals surface area contributed by atoms with Crippen LogP contribution >= 0.6 is 0 Å². The first kappa shape index (κ1) is 20.1. The van der Waals surface area contributed by atoms with Crippen LogP contribution in [0.4, 0.5) is 14.5 Å². The minimum atomic E-state index is -0.812. The Morgan fingerprint density at radius 2 is 1.64 bits per heavy atom. The van der Waals surface area contributed by atoms with E-state index in [1.807, 2.05) is 32.0 Å². The lowest BCUT2D eigenvalue weighted by molar-refractivity contribution is -0.118. The first-order chi connectivity index (χ1) is 13.4. The van der Waals surface area contributed by atoms with Crippen molar-refractivity contribution in [1.82, 2.24) is 5.32 Å². The second-order valence-corrected chi connectivity index (χ2v) is 7.10. The van der Waals surface area contributed by atoms with E-state index in [2.05, 4.69) is 10.6 Å². The summed E-state index contributed by atoms with van der Waals surface area (Å²) in [5, 5.41) is 5.57. The number of hydrogen-bond acceptors (Lipinski definition) is 4. The van der Waals surface area contributed by atoms with Crippen molar-refractivity contribution in [3.05, 3.63) is 53.6 Å². The van der Waals surface area contributed by atoms with Crippen molar-refractivity contribution in [2.75, 3.05) is 18.5 Å². The first-order valence-corrected chi connectivity index (χ1v) is 9.27. The molecule has 0 saturated carbocycles. The van der Waals surface area contributed by atoms with E-state index in [9.17, 15) is 13.6 Å². The standard InChI is InChI=1S/C21H24F2N2O3/c1-12(2)19(14-7-8-17-18(11-14)28-10-9-27-17)24-13(3)21(26)25-20-15(22)5-4-6-16(20)23/h4-8,11-13,19,24H,9-10H2,1-3H3,(H,25,26)/t13-,19-/m1/s1. The molecule has 0 fully saturated rings. The van der Waals surface area contributed by atoms with Gasteiger partial charge < -0.3 is 14.8 Å². The Morgan fingerprint density at radius 1 is 1.00 bits per heavy atom. The fourth-order valence-electron chi connectivity index (χ4n) is 3.12. The van der Waals surface area contributed by atoms with Crippen LogP contribution in [0.5, 0.6) is 11.5 Å². The molecule has 0 aromatic heterocycles. The highest BCUT2D eigenvalue weighted by Gasteiger charge is 2.24. The lowest BCUT2D eigenvalue weighted by atomic mass is 9.94. The third-order valence-electron chi connectivity index (χ3n) is 4.63. The molecule has 0 bridgehead atoms. The maximum atomic E-state index is 13.8. The summed E-state index contributed by atoms with van der Waals surface area (Å²) >= 11 is 0. The molecule has 2 atom stereocenters. The van der Waals surface area contributed by atoms with Gasteiger partial charge in [0, 0.05) is 6.04 Å². The normalized spacial score (nSPS) is 15.2. The number of carbonyl (C=O) groups excluding carboxylic acids is 1. The molecule has 1 heterocycles. The number of benzene rings is 2. The molecule has 0 radical (unpaired) electrons. The summed E-state index contributed by atoms with van der Waals surface area (Å²) < 4.78 is 38.8. The number of anilines is 1. The van der Waals surface area contributed by atoms with Crippen LogP contribution in [-0.4, -0.2) is 25.2 Å². The zero-order valence-corrected chi connectivity index (χ0v) is 16.1. The molecule has 0 spiro atoms. The maximum Gasteiger partial charge on any atom is 0.241 e. The van der Waals surface area contributed by atoms with Gasteiger partial charge in [-0.05, 0) is 42.7 Å². The molecule has 5 nitrogen and oxygen atoms in total. The summed E-state index contributed by atoms with van der Waals surface area (Å²) in [6, 6.07) is 8.27. The molecular weight excluding hydrogens is 366 g/mol. The third-order valence-corrected chi connectivity index (χ3v) is 4.63. The van der Waals surface area contributed by atoms with Gasteiger partial charge in [0.05, 0.1) is 6.04 Å². The monoisotopic (exact) mass is 390 g/mol. The van der Waals surface area contributed by atoms with E-state index >= 15 is 0 Å².